The molecular formula is C22H26N8O4. The molecular weight excluding hydrogens is 440 g/mol. The normalized spacial score (nSPS) is 30.0. The lowest BCUT2D eigenvalue weighted by Gasteiger charge is -2.44. The fraction of sp³-hybridized carbons (Fsp3) is 0.591. The van der Waals surface area contributed by atoms with Crippen molar-refractivity contribution in [1.82, 2.24) is 40.0 Å². The fourth-order valence-corrected chi connectivity index (χ4v) is 6.12. The number of likely N-dealkylation sites (tertiary alicyclic amines) is 1. The van der Waals surface area contributed by atoms with E-state index in [1.807, 2.05) is 0 Å². The number of hydrogen-bond donors (Lipinski definition) is 1. The first-order chi connectivity index (χ1) is 16.4. The van der Waals surface area contributed by atoms with Crippen LogP contribution in [-0.2, 0) is 14.3 Å². The highest BCUT2D eigenvalue weighted by Gasteiger charge is 2.56. The molecule has 0 aliphatic carbocycles. The third-order valence-electron chi connectivity index (χ3n) is 7.91. The first-order valence-corrected chi connectivity index (χ1v) is 11.6. The van der Waals surface area contributed by atoms with Gasteiger partial charge < -0.3 is 14.7 Å². The molecule has 12 nitrogen and oxygen atoms in total. The molecule has 4 aliphatic rings. The second kappa shape index (κ2) is 7.91. The van der Waals surface area contributed by atoms with Crippen LogP contribution in [-0.4, -0.2) is 88.7 Å². The lowest BCUT2D eigenvalue weighted by Crippen LogP contribution is -2.51. The number of amides is 1. The molecule has 1 spiro atoms. The van der Waals surface area contributed by atoms with Crippen molar-refractivity contribution < 1.29 is 19.4 Å². The maximum absolute atomic E-state index is 13.5. The summed E-state index contributed by atoms with van der Waals surface area (Å²) in [6.45, 7) is 3.00. The van der Waals surface area contributed by atoms with Crippen molar-refractivity contribution in [2.24, 2.45) is 5.41 Å². The zero-order valence-corrected chi connectivity index (χ0v) is 18.9. The molecule has 2 aromatic heterocycles. The fourth-order valence-electron chi connectivity index (χ4n) is 6.12. The molecule has 178 valence electrons. The van der Waals surface area contributed by atoms with Crippen LogP contribution in [0.1, 0.15) is 50.8 Å². The number of tetrazole rings is 1. The number of piperidine rings is 1. The summed E-state index contributed by atoms with van der Waals surface area (Å²) in [5.41, 5.74) is 1.37. The Kier molecular flexibility index (Phi) is 4.96. The number of esters is 1. The monoisotopic (exact) mass is 466 g/mol. The van der Waals surface area contributed by atoms with Crippen LogP contribution in [0.3, 0.4) is 0 Å². The Hall–Kier alpha value is -3.25. The van der Waals surface area contributed by atoms with E-state index >= 15 is 0 Å². The number of nitrogens with zero attached hydrogens (tertiary/aromatic N) is 8. The number of aromatic nitrogens is 6. The molecule has 3 fully saturated rings. The summed E-state index contributed by atoms with van der Waals surface area (Å²) in [6, 6.07) is 0.476. The maximum Gasteiger partial charge on any atom is 0.336 e. The smallest absolute Gasteiger partial charge is 0.336 e. The van der Waals surface area contributed by atoms with Gasteiger partial charge in [-0.25, -0.2) is 9.78 Å². The zero-order valence-electron chi connectivity index (χ0n) is 18.9. The Bertz CT molecular complexity index is 1130. The molecule has 12 heteroatoms. The van der Waals surface area contributed by atoms with Gasteiger partial charge in [-0.05, 0) is 49.5 Å². The largest absolute Gasteiger partial charge is 0.456 e. The number of ether oxygens (including phenoxy) is 1. The first-order valence-electron chi connectivity index (χ1n) is 11.6. The number of carbonyl (C=O) groups is 2. The maximum atomic E-state index is 13.5. The molecule has 0 aromatic carbocycles. The summed E-state index contributed by atoms with van der Waals surface area (Å²) in [5.74, 6) is 0.271. The van der Waals surface area contributed by atoms with Crippen LogP contribution in [0.5, 0.6) is 0 Å². The van der Waals surface area contributed by atoms with Crippen molar-refractivity contribution in [3.63, 3.8) is 0 Å². The summed E-state index contributed by atoms with van der Waals surface area (Å²) < 4.78 is 6.54. The van der Waals surface area contributed by atoms with Gasteiger partial charge in [-0.3, -0.25) is 14.7 Å². The Morgan fingerprint density at radius 2 is 2.00 bits per heavy atom. The molecule has 6 heterocycles. The third kappa shape index (κ3) is 3.31. The molecule has 3 saturated heterocycles. The van der Waals surface area contributed by atoms with Gasteiger partial charge in [-0.15, -0.1) is 5.10 Å². The van der Waals surface area contributed by atoms with E-state index in [2.05, 4.69) is 30.4 Å². The lowest BCUT2D eigenvalue weighted by atomic mass is 9.73. The van der Waals surface area contributed by atoms with Crippen LogP contribution >= 0.6 is 0 Å². The van der Waals surface area contributed by atoms with Crippen molar-refractivity contribution in [3.8, 4) is 5.82 Å². The van der Waals surface area contributed by atoms with E-state index in [4.69, 9.17) is 4.74 Å². The molecule has 2 aromatic rings. The summed E-state index contributed by atoms with van der Waals surface area (Å²) in [7, 11) is 0. The Labute approximate surface area is 195 Å². The molecule has 0 radical (unpaired) electrons. The van der Waals surface area contributed by atoms with Crippen LogP contribution in [0.25, 0.3) is 5.82 Å². The van der Waals surface area contributed by atoms with E-state index in [0.717, 1.165) is 37.8 Å². The quantitative estimate of drug-likeness (QED) is 0.606. The van der Waals surface area contributed by atoms with Crippen molar-refractivity contribution in [2.45, 2.75) is 57.2 Å². The van der Waals surface area contributed by atoms with Crippen LogP contribution < -0.4 is 0 Å². The van der Waals surface area contributed by atoms with Crippen LogP contribution in [0.2, 0.25) is 0 Å². The average molecular weight is 467 g/mol. The highest BCUT2D eigenvalue weighted by atomic mass is 16.5. The van der Waals surface area contributed by atoms with Gasteiger partial charge in [0.05, 0.1) is 34.8 Å². The number of cyclic esters (lactones) is 1. The van der Waals surface area contributed by atoms with Crippen molar-refractivity contribution in [2.75, 3.05) is 19.7 Å². The summed E-state index contributed by atoms with van der Waals surface area (Å²) in [6.07, 6.45) is 8.11. The molecule has 6 rings (SSSR count). The van der Waals surface area contributed by atoms with E-state index in [-0.39, 0.29) is 36.0 Å². The van der Waals surface area contributed by atoms with Crippen LogP contribution in [0.15, 0.2) is 30.0 Å². The molecule has 1 unspecified atom stereocenters. The zero-order chi connectivity index (χ0) is 23.4. The minimum Gasteiger partial charge on any atom is -0.456 e. The second-order valence-electron chi connectivity index (χ2n) is 9.69. The van der Waals surface area contributed by atoms with Gasteiger partial charge in [0.15, 0.2) is 5.82 Å². The molecule has 4 aliphatic heterocycles. The third-order valence-corrected chi connectivity index (χ3v) is 7.91. The standard InChI is InChI=1S/C22H26N8O4/c1-13-17(11-34-20(13)32)28-5-4-22(21(28)33)6-14-2-3-15(7-22)29(14)10-18(31)16-8-24-19(9-23-16)30-12-25-26-27-30/h8-9,12,14-15,18,31H,2-7,10-11H2,1H3/t14-,15-,18?/m1/s1. The molecule has 1 N–H and O–H groups in total. The first kappa shape index (κ1) is 21.3. The van der Waals surface area contributed by atoms with Crippen molar-refractivity contribution in [3.05, 3.63) is 35.7 Å². The van der Waals surface area contributed by atoms with Gasteiger partial charge in [0.1, 0.15) is 19.0 Å². The average Bonchev–Trinajstić information content (AvgIpc) is 3.60. The number of fused-ring (bicyclic) bond motifs is 2. The molecule has 34 heavy (non-hydrogen) atoms. The van der Waals surface area contributed by atoms with E-state index in [9.17, 15) is 14.7 Å². The second-order valence-corrected chi connectivity index (χ2v) is 9.69. The van der Waals surface area contributed by atoms with E-state index in [0.29, 0.717) is 30.2 Å². The molecule has 0 saturated carbocycles. The van der Waals surface area contributed by atoms with Gasteiger partial charge in [-0.2, -0.15) is 4.68 Å². The van der Waals surface area contributed by atoms with E-state index in [1.165, 1.54) is 17.2 Å². The Morgan fingerprint density at radius 1 is 1.21 bits per heavy atom. The Balaban J connectivity index is 1.14. The van der Waals surface area contributed by atoms with Gasteiger partial charge >= 0.3 is 5.97 Å². The van der Waals surface area contributed by atoms with Crippen LogP contribution in [0.4, 0.5) is 0 Å². The van der Waals surface area contributed by atoms with Gasteiger partial charge in [0.2, 0.25) is 5.91 Å². The summed E-state index contributed by atoms with van der Waals surface area (Å²) in [5, 5.41) is 21.8. The topological polar surface area (TPSA) is 139 Å². The van der Waals surface area contributed by atoms with Gasteiger partial charge in [-0.1, -0.05) is 0 Å². The number of aliphatic hydroxyl groups excluding tert-OH is 1. The lowest BCUT2D eigenvalue weighted by molar-refractivity contribution is -0.140. The Morgan fingerprint density at radius 3 is 2.62 bits per heavy atom. The minimum absolute atomic E-state index is 0.126. The number of rotatable bonds is 5. The molecule has 3 atom stereocenters. The summed E-state index contributed by atoms with van der Waals surface area (Å²) >= 11 is 0. The summed E-state index contributed by atoms with van der Waals surface area (Å²) in [4.78, 5) is 38.1. The van der Waals surface area contributed by atoms with E-state index < -0.39 is 6.10 Å². The van der Waals surface area contributed by atoms with Crippen molar-refractivity contribution >= 4 is 11.9 Å². The number of carbonyl (C=O) groups excluding carboxylic acids is 2. The predicted molar refractivity (Wildman–Crippen MR) is 115 cm³/mol. The van der Waals surface area contributed by atoms with Gasteiger partial charge in [0, 0.05) is 25.2 Å². The van der Waals surface area contributed by atoms with Crippen LogP contribution in [0, 0.1) is 5.41 Å². The highest BCUT2D eigenvalue weighted by Crippen LogP contribution is 2.52. The predicted octanol–water partition coefficient (Wildman–Crippen LogP) is 0.162. The molecule has 2 bridgehead atoms. The highest BCUT2D eigenvalue weighted by molar-refractivity contribution is 5.94. The van der Waals surface area contributed by atoms with Crippen molar-refractivity contribution in [1.29, 1.82) is 0 Å². The van der Waals surface area contributed by atoms with E-state index in [1.54, 1.807) is 18.0 Å². The van der Waals surface area contributed by atoms with Gasteiger partial charge in [0.25, 0.3) is 0 Å². The minimum atomic E-state index is -0.780. The number of aliphatic hydroxyl groups is 1. The SMILES string of the molecule is CC1=C(N2CCC3(C[C@H]4CC[C@H](C3)N4CC(O)c3cnc(-n4cnnn4)cn3)C2=O)COC1=O. The molecule has 1 amide bonds. The number of hydrogen-bond acceptors (Lipinski definition) is 10.